The van der Waals surface area contributed by atoms with Crippen molar-refractivity contribution in [1.29, 1.82) is 0 Å². The van der Waals surface area contributed by atoms with Crippen LogP contribution in [0.25, 0.3) is 0 Å². The summed E-state index contributed by atoms with van der Waals surface area (Å²) in [6.45, 7) is 0. The Kier molecular flexibility index (Phi) is 3.32. The molecular formula is C13H15ClN2. The van der Waals surface area contributed by atoms with Crippen molar-refractivity contribution >= 4 is 11.6 Å². The second-order valence-corrected chi connectivity index (χ2v) is 4.35. The quantitative estimate of drug-likeness (QED) is 0.870. The number of hydrogen-bond acceptors (Lipinski definition) is 1. The normalized spacial score (nSPS) is 12.7. The van der Waals surface area contributed by atoms with Crippen LogP contribution < -0.4 is 5.73 Å². The van der Waals surface area contributed by atoms with Gasteiger partial charge in [-0.1, -0.05) is 29.8 Å². The average Bonchev–Trinajstić information content (AvgIpc) is 2.68. The zero-order valence-electron chi connectivity index (χ0n) is 9.23. The first-order valence-electron chi connectivity index (χ1n) is 5.28. The molecule has 1 aromatic carbocycles. The molecule has 0 aliphatic carbocycles. The molecule has 0 amide bonds. The van der Waals surface area contributed by atoms with Crippen LogP contribution in [-0.2, 0) is 13.5 Å². The molecule has 2 nitrogen and oxygen atoms in total. The molecule has 0 aliphatic rings. The Hall–Kier alpha value is -1.25. The van der Waals surface area contributed by atoms with Gasteiger partial charge < -0.3 is 10.3 Å². The minimum absolute atomic E-state index is 0.0140. The summed E-state index contributed by atoms with van der Waals surface area (Å²) in [4.78, 5) is 0. The molecule has 0 saturated heterocycles. The number of nitrogens with zero attached hydrogens (tertiary/aromatic N) is 1. The lowest BCUT2D eigenvalue weighted by Crippen LogP contribution is -2.16. The minimum Gasteiger partial charge on any atom is -0.353 e. The van der Waals surface area contributed by atoms with Crippen molar-refractivity contribution in [3.05, 3.63) is 58.9 Å². The fourth-order valence-electron chi connectivity index (χ4n) is 1.86. The fraction of sp³-hybridized carbons (Fsp3) is 0.231. The van der Waals surface area contributed by atoms with Crippen LogP contribution >= 0.6 is 11.6 Å². The van der Waals surface area contributed by atoms with Crippen LogP contribution in [0.4, 0.5) is 0 Å². The van der Waals surface area contributed by atoms with E-state index in [9.17, 15) is 0 Å². The number of nitrogens with two attached hydrogens (primary N) is 1. The fourth-order valence-corrected chi connectivity index (χ4v) is 2.08. The highest BCUT2D eigenvalue weighted by atomic mass is 35.5. The van der Waals surface area contributed by atoms with Crippen molar-refractivity contribution in [3.8, 4) is 0 Å². The molecule has 0 spiro atoms. The number of benzene rings is 1. The topological polar surface area (TPSA) is 30.9 Å². The van der Waals surface area contributed by atoms with E-state index < -0.39 is 0 Å². The van der Waals surface area contributed by atoms with Gasteiger partial charge in [0.1, 0.15) is 0 Å². The summed E-state index contributed by atoms with van der Waals surface area (Å²) in [5.74, 6) is 0. The van der Waals surface area contributed by atoms with Crippen LogP contribution in [0.1, 0.15) is 17.3 Å². The summed E-state index contributed by atoms with van der Waals surface area (Å²) in [6.07, 6.45) is 2.76. The molecule has 0 bridgehead atoms. The van der Waals surface area contributed by atoms with Crippen LogP contribution in [0.15, 0.2) is 42.6 Å². The Labute approximate surface area is 101 Å². The first kappa shape index (κ1) is 11.2. The molecule has 0 radical (unpaired) electrons. The molecular weight excluding hydrogens is 220 g/mol. The van der Waals surface area contributed by atoms with Crippen LogP contribution in [0.3, 0.4) is 0 Å². The van der Waals surface area contributed by atoms with Crippen LogP contribution in [0.5, 0.6) is 0 Å². The average molecular weight is 235 g/mol. The monoisotopic (exact) mass is 234 g/mol. The SMILES string of the molecule is Cn1cccc1C(N)Cc1ccccc1Cl. The summed E-state index contributed by atoms with van der Waals surface area (Å²) in [6, 6.07) is 11.9. The number of hydrogen-bond donors (Lipinski definition) is 1. The largest absolute Gasteiger partial charge is 0.353 e. The molecule has 3 heteroatoms. The van der Waals surface area contributed by atoms with Crippen molar-refractivity contribution in [2.24, 2.45) is 12.8 Å². The molecule has 84 valence electrons. The Balaban J connectivity index is 2.17. The van der Waals surface area contributed by atoms with E-state index in [4.69, 9.17) is 17.3 Å². The van der Waals surface area contributed by atoms with Crippen molar-refractivity contribution in [1.82, 2.24) is 4.57 Å². The lowest BCUT2D eigenvalue weighted by Gasteiger charge is -2.13. The van der Waals surface area contributed by atoms with Crippen molar-refractivity contribution < 1.29 is 0 Å². The lowest BCUT2D eigenvalue weighted by molar-refractivity contribution is 0.656. The zero-order chi connectivity index (χ0) is 11.5. The van der Waals surface area contributed by atoms with Gasteiger partial charge in [0.15, 0.2) is 0 Å². The highest BCUT2D eigenvalue weighted by Crippen LogP contribution is 2.21. The summed E-state index contributed by atoms with van der Waals surface area (Å²) in [7, 11) is 2.00. The Bertz CT molecular complexity index is 476. The van der Waals surface area contributed by atoms with Gasteiger partial charge in [-0.2, -0.15) is 0 Å². The van der Waals surface area contributed by atoms with Crippen molar-refractivity contribution in [2.75, 3.05) is 0 Å². The maximum Gasteiger partial charge on any atom is 0.0491 e. The van der Waals surface area contributed by atoms with Gasteiger partial charge in [-0.15, -0.1) is 0 Å². The van der Waals surface area contributed by atoms with Gasteiger partial charge in [0.2, 0.25) is 0 Å². The smallest absolute Gasteiger partial charge is 0.0491 e. The third-order valence-electron chi connectivity index (χ3n) is 2.76. The number of halogens is 1. The summed E-state index contributed by atoms with van der Waals surface area (Å²) < 4.78 is 2.04. The van der Waals surface area contributed by atoms with E-state index in [1.807, 2.05) is 54.2 Å². The minimum atomic E-state index is -0.0140. The molecule has 0 fully saturated rings. The lowest BCUT2D eigenvalue weighted by atomic mass is 10.0. The molecule has 2 aromatic rings. The van der Waals surface area contributed by atoms with Crippen LogP contribution in [0, 0.1) is 0 Å². The van der Waals surface area contributed by atoms with E-state index in [0.717, 1.165) is 22.7 Å². The predicted molar refractivity (Wildman–Crippen MR) is 67.5 cm³/mol. The molecule has 1 heterocycles. The van der Waals surface area contributed by atoms with Crippen LogP contribution in [-0.4, -0.2) is 4.57 Å². The van der Waals surface area contributed by atoms with Crippen molar-refractivity contribution in [3.63, 3.8) is 0 Å². The Morgan fingerprint density at radius 3 is 2.62 bits per heavy atom. The molecule has 2 N–H and O–H groups in total. The maximum atomic E-state index is 6.16. The van der Waals surface area contributed by atoms with Gasteiger partial charge in [-0.05, 0) is 30.2 Å². The van der Waals surface area contributed by atoms with Gasteiger partial charge >= 0.3 is 0 Å². The summed E-state index contributed by atoms with van der Waals surface area (Å²) in [5, 5.41) is 0.784. The van der Waals surface area contributed by atoms with E-state index in [1.54, 1.807) is 0 Å². The number of rotatable bonds is 3. The highest BCUT2D eigenvalue weighted by Gasteiger charge is 2.11. The molecule has 0 aliphatic heterocycles. The number of aryl methyl sites for hydroxylation is 1. The van der Waals surface area contributed by atoms with Gasteiger partial charge in [-0.25, -0.2) is 0 Å². The second-order valence-electron chi connectivity index (χ2n) is 3.95. The van der Waals surface area contributed by atoms with E-state index in [0.29, 0.717) is 0 Å². The Morgan fingerprint density at radius 2 is 2.00 bits per heavy atom. The van der Waals surface area contributed by atoms with Crippen LogP contribution in [0.2, 0.25) is 5.02 Å². The van der Waals surface area contributed by atoms with Gasteiger partial charge in [0, 0.05) is 30.0 Å². The van der Waals surface area contributed by atoms with Gasteiger partial charge in [0.05, 0.1) is 0 Å². The first-order valence-corrected chi connectivity index (χ1v) is 5.66. The van der Waals surface area contributed by atoms with E-state index in [2.05, 4.69) is 0 Å². The standard InChI is InChI=1S/C13H15ClN2/c1-16-8-4-7-13(16)12(15)9-10-5-2-3-6-11(10)14/h2-8,12H,9,15H2,1H3. The van der Waals surface area contributed by atoms with Gasteiger partial charge in [0.25, 0.3) is 0 Å². The zero-order valence-corrected chi connectivity index (χ0v) is 9.98. The summed E-state index contributed by atoms with van der Waals surface area (Å²) in [5.41, 5.74) is 8.38. The van der Waals surface area contributed by atoms with E-state index in [1.165, 1.54) is 0 Å². The highest BCUT2D eigenvalue weighted by molar-refractivity contribution is 6.31. The van der Waals surface area contributed by atoms with E-state index in [-0.39, 0.29) is 6.04 Å². The second kappa shape index (κ2) is 4.73. The Morgan fingerprint density at radius 1 is 1.25 bits per heavy atom. The number of aromatic nitrogens is 1. The molecule has 1 aromatic heterocycles. The predicted octanol–water partition coefficient (Wildman–Crippen LogP) is 2.92. The third-order valence-corrected chi connectivity index (χ3v) is 3.13. The molecule has 16 heavy (non-hydrogen) atoms. The van der Waals surface area contributed by atoms with Crippen molar-refractivity contribution in [2.45, 2.75) is 12.5 Å². The molecule has 1 atom stereocenters. The first-order chi connectivity index (χ1) is 7.68. The summed E-state index contributed by atoms with van der Waals surface area (Å²) >= 11 is 6.11. The van der Waals surface area contributed by atoms with Gasteiger partial charge in [-0.3, -0.25) is 0 Å². The molecule has 0 saturated carbocycles. The maximum absolute atomic E-state index is 6.16. The molecule has 2 rings (SSSR count). The molecule has 1 unspecified atom stereocenters. The third kappa shape index (κ3) is 2.29. The van der Waals surface area contributed by atoms with E-state index >= 15 is 0 Å².